The summed E-state index contributed by atoms with van der Waals surface area (Å²) < 4.78 is 0. The molecule has 0 aromatic carbocycles. The fourth-order valence-corrected chi connectivity index (χ4v) is 3.09. The fourth-order valence-electron chi connectivity index (χ4n) is 3.09. The average Bonchev–Trinajstić information content (AvgIpc) is 2.69. The van der Waals surface area contributed by atoms with Gasteiger partial charge in [-0.2, -0.15) is 0 Å². The highest BCUT2D eigenvalue weighted by Crippen LogP contribution is 2.18. The fraction of sp³-hybridized carbons (Fsp3) is 0.500. The zero-order valence-corrected chi connectivity index (χ0v) is 15.6. The lowest BCUT2D eigenvalue weighted by molar-refractivity contribution is 0.0766. The van der Waals surface area contributed by atoms with Crippen molar-refractivity contribution in [2.24, 2.45) is 0 Å². The van der Waals surface area contributed by atoms with Crippen molar-refractivity contribution in [3.05, 3.63) is 36.0 Å². The lowest BCUT2D eigenvalue weighted by atomic mass is 10.2. The highest BCUT2D eigenvalue weighted by atomic mass is 16.2. The van der Waals surface area contributed by atoms with E-state index in [1.54, 1.807) is 17.3 Å². The Balaban J connectivity index is 1.73. The van der Waals surface area contributed by atoms with E-state index in [0.29, 0.717) is 24.6 Å². The zero-order chi connectivity index (χ0) is 18.5. The van der Waals surface area contributed by atoms with E-state index in [1.807, 2.05) is 32.9 Å². The van der Waals surface area contributed by atoms with Gasteiger partial charge in [0.2, 0.25) is 5.95 Å². The Morgan fingerprint density at radius 2 is 1.65 bits per heavy atom. The van der Waals surface area contributed by atoms with Gasteiger partial charge in [-0.05, 0) is 26.8 Å². The van der Waals surface area contributed by atoms with Crippen LogP contribution in [0.4, 0.5) is 11.8 Å². The van der Waals surface area contributed by atoms with Crippen LogP contribution in [-0.2, 0) is 0 Å². The number of carbonyl (C=O) groups is 1. The third-order valence-corrected chi connectivity index (χ3v) is 4.53. The number of hydrogen-bond donors (Lipinski definition) is 0. The smallest absolute Gasteiger partial charge is 0.272 e. The molecule has 1 amide bonds. The molecule has 2 aromatic rings. The molecule has 0 radical (unpaired) electrons. The number of aryl methyl sites for hydroxylation is 1. The van der Waals surface area contributed by atoms with Crippen LogP contribution < -0.4 is 9.80 Å². The van der Waals surface area contributed by atoms with Crippen LogP contribution in [0.15, 0.2) is 24.5 Å². The summed E-state index contributed by atoms with van der Waals surface area (Å²) in [5.41, 5.74) is 0.463. The quantitative estimate of drug-likeness (QED) is 0.802. The Labute approximate surface area is 153 Å². The predicted octanol–water partition coefficient (Wildman–Crippen LogP) is 1.38. The van der Waals surface area contributed by atoms with Crippen molar-refractivity contribution in [2.45, 2.75) is 20.8 Å². The van der Waals surface area contributed by atoms with Gasteiger partial charge in [0.15, 0.2) is 0 Å². The number of amides is 1. The number of piperazine rings is 1. The second-order valence-corrected chi connectivity index (χ2v) is 6.16. The van der Waals surface area contributed by atoms with Gasteiger partial charge in [0.1, 0.15) is 17.3 Å². The van der Waals surface area contributed by atoms with Crippen LogP contribution in [0.25, 0.3) is 0 Å². The van der Waals surface area contributed by atoms with Gasteiger partial charge in [0, 0.05) is 57.7 Å². The molecule has 0 atom stereocenters. The van der Waals surface area contributed by atoms with E-state index in [4.69, 9.17) is 0 Å². The molecule has 8 nitrogen and oxygen atoms in total. The molecule has 0 spiro atoms. The highest BCUT2D eigenvalue weighted by Gasteiger charge is 2.22. The van der Waals surface area contributed by atoms with Crippen molar-refractivity contribution in [1.82, 2.24) is 24.8 Å². The van der Waals surface area contributed by atoms with E-state index in [9.17, 15) is 4.79 Å². The summed E-state index contributed by atoms with van der Waals surface area (Å²) in [5, 5.41) is 0. The summed E-state index contributed by atoms with van der Waals surface area (Å²) in [5.74, 6) is 2.13. The molecule has 26 heavy (non-hydrogen) atoms. The first-order chi connectivity index (χ1) is 12.6. The number of hydrogen-bond acceptors (Lipinski definition) is 7. The van der Waals surface area contributed by atoms with Gasteiger partial charge in [-0.1, -0.05) is 0 Å². The first kappa shape index (κ1) is 18.0. The Kier molecular flexibility index (Phi) is 5.60. The molecule has 0 N–H and O–H groups in total. The van der Waals surface area contributed by atoms with E-state index >= 15 is 0 Å². The summed E-state index contributed by atoms with van der Waals surface area (Å²) in [7, 11) is 0. The molecule has 138 valence electrons. The van der Waals surface area contributed by atoms with Crippen molar-refractivity contribution >= 4 is 17.7 Å². The van der Waals surface area contributed by atoms with Crippen LogP contribution in [0.3, 0.4) is 0 Å². The maximum Gasteiger partial charge on any atom is 0.272 e. The van der Waals surface area contributed by atoms with Gasteiger partial charge >= 0.3 is 0 Å². The third-order valence-electron chi connectivity index (χ3n) is 4.53. The number of rotatable bonds is 5. The van der Waals surface area contributed by atoms with E-state index < -0.39 is 0 Å². The molecule has 1 fully saturated rings. The summed E-state index contributed by atoms with van der Waals surface area (Å²) in [4.78, 5) is 36.3. The molecule has 3 rings (SSSR count). The van der Waals surface area contributed by atoms with Crippen LogP contribution in [0.1, 0.15) is 30.2 Å². The molecule has 1 aliphatic heterocycles. The first-order valence-corrected chi connectivity index (χ1v) is 9.04. The van der Waals surface area contributed by atoms with E-state index in [2.05, 4.69) is 29.7 Å². The van der Waals surface area contributed by atoms with Gasteiger partial charge in [-0.25, -0.2) is 19.9 Å². The monoisotopic (exact) mass is 355 g/mol. The number of aromatic nitrogens is 4. The van der Waals surface area contributed by atoms with E-state index in [-0.39, 0.29) is 5.91 Å². The normalized spacial score (nSPS) is 14.4. The molecule has 0 saturated carbocycles. The lowest BCUT2D eigenvalue weighted by Crippen LogP contribution is -2.47. The largest absolute Gasteiger partial charge is 0.353 e. The molecule has 0 bridgehead atoms. The third kappa shape index (κ3) is 3.89. The van der Waals surface area contributed by atoms with Crippen molar-refractivity contribution in [2.75, 3.05) is 49.1 Å². The minimum atomic E-state index is -0.0435. The van der Waals surface area contributed by atoms with Gasteiger partial charge in [0.25, 0.3) is 5.91 Å². The van der Waals surface area contributed by atoms with Crippen LogP contribution in [-0.4, -0.2) is 70.0 Å². The Hall–Kier alpha value is -2.77. The summed E-state index contributed by atoms with van der Waals surface area (Å²) >= 11 is 0. The van der Waals surface area contributed by atoms with Gasteiger partial charge in [0.05, 0.1) is 0 Å². The van der Waals surface area contributed by atoms with Crippen molar-refractivity contribution < 1.29 is 4.79 Å². The second kappa shape index (κ2) is 8.07. The number of nitrogens with zero attached hydrogens (tertiary/aromatic N) is 7. The van der Waals surface area contributed by atoms with Crippen LogP contribution in [0.5, 0.6) is 0 Å². The Bertz CT molecular complexity index is 740. The topological polar surface area (TPSA) is 78.4 Å². The van der Waals surface area contributed by atoms with E-state index in [1.165, 1.54) is 0 Å². The minimum absolute atomic E-state index is 0.0435. The van der Waals surface area contributed by atoms with Crippen molar-refractivity contribution in [1.29, 1.82) is 0 Å². The summed E-state index contributed by atoms with van der Waals surface area (Å²) in [6, 6.07) is 3.63. The van der Waals surface area contributed by atoms with Crippen LogP contribution >= 0.6 is 0 Å². The molecule has 3 heterocycles. The lowest BCUT2D eigenvalue weighted by Gasteiger charge is -2.35. The minimum Gasteiger partial charge on any atom is -0.353 e. The predicted molar refractivity (Wildman–Crippen MR) is 100 cm³/mol. The molecule has 1 aliphatic rings. The summed E-state index contributed by atoms with van der Waals surface area (Å²) in [6.07, 6.45) is 3.52. The van der Waals surface area contributed by atoms with Crippen LogP contribution in [0.2, 0.25) is 0 Å². The highest BCUT2D eigenvalue weighted by molar-refractivity contribution is 5.93. The Morgan fingerprint density at radius 3 is 2.27 bits per heavy atom. The standard InChI is InChI=1S/C18H25N7O/c1-4-23(5-2)17(26)15-13-16(22-14(3)21-15)24-9-11-25(12-10-24)18-19-7-6-8-20-18/h6-8,13H,4-5,9-12H2,1-3H3. The molecular weight excluding hydrogens is 330 g/mol. The molecular formula is C18H25N7O. The number of carbonyl (C=O) groups excluding carboxylic acids is 1. The van der Waals surface area contributed by atoms with Gasteiger partial charge < -0.3 is 14.7 Å². The van der Waals surface area contributed by atoms with E-state index in [0.717, 1.165) is 37.9 Å². The molecule has 0 unspecified atom stereocenters. The van der Waals surface area contributed by atoms with Crippen LogP contribution in [0, 0.1) is 6.92 Å². The number of anilines is 2. The van der Waals surface area contributed by atoms with Gasteiger partial charge in [-0.3, -0.25) is 4.79 Å². The molecule has 2 aromatic heterocycles. The first-order valence-electron chi connectivity index (χ1n) is 9.04. The molecule has 8 heteroatoms. The average molecular weight is 355 g/mol. The SMILES string of the molecule is CCN(CC)C(=O)c1cc(N2CCN(c3ncccn3)CC2)nc(C)n1. The maximum absolute atomic E-state index is 12.6. The zero-order valence-electron chi connectivity index (χ0n) is 15.6. The summed E-state index contributed by atoms with van der Waals surface area (Å²) in [6.45, 7) is 10.3. The maximum atomic E-state index is 12.6. The Morgan fingerprint density at radius 1 is 1.04 bits per heavy atom. The van der Waals surface area contributed by atoms with Crippen molar-refractivity contribution in [3.63, 3.8) is 0 Å². The van der Waals surface area contributed by atoms with Gasteiger partial charge in [-0.15, -0.1) is 0 Å². The van der Waals surface area contributed by atoms with Crippen molar-refractivity contribution in [3.8, 4) is 0 Å². The molecule has 1 saturated heterocycles. The molecule has 0 aliphatic carbocycles. The second-order valence-electron chi connectivity index (χ2n) is 6.16.